The molecule has 0 aromatic carbocycles. The molecule has 0 aliphatic heterocycles. The molecule has 0 bridgehead atoms. The minimum atomic E-state index is 0.677. The van der Waals surface area contributed by atoms with E-state index in [0.717, 1.165) is 31.5 Å². The molecule has 0 radical (unpaired) electrons. The van der Waals surface area contributed by atoms with Gasteiger partial charge in [-0.25, -0.2) is 0 Å². The molecule has 0 saturated heterocycles. The first-order valence-electron chi connectivity index (χ1n) is 5.75. The monoisotopic (exact) mass is 201 g/mol. The Morgan fingerprint density at radius 3 is 2.14 bits per heavy atom. The van der Waals surface area contributed by atoms with E-state index in [0.29, 0.717) is 5.92 Å². The Morgan fingerprint density at radius 2 is 1.64 bits per heavy atom. The highest BCUT2D eigenvalue weighted by Crippen LogP contribution is 2.11. The van der Waals surface area contributed by atoms with Gasteiger partial charge in [0.25, 0.3) is 0 Å². The largest absolute Gasteiger partial charge is 0.384 e. The van der Waals surface area contributed by atoms with Crippen LogP contribution in [0.15, 0.2) is 0 Å². The summed E-state index contributed by atoms with van der Waals surface area (Å²) in [6, 6.07) is 0. The first-order valence-corrected chi connectivity index (χ1v) is 5.75. The Morgan fingerprint density at radius 1 is 1.00 bits per heavy atom. The molecule has 0 saturated carbocycles. The van der Waals surface area contributed by atoms with Crippen LogP contribution in [0.3, 0.4) is 0 Å². The molecule has 0 amide bonds. The van der Waals surface area contributed by atoms with Crippen molar-refractivity contribution in [1.82, 2.24) is 5.32 Å². The second kappa shape index (κ2) is 8.25. The molecule has 86 valence electrons. The van der Waals surface area contributed by atoms with Crippen molar-refractivity contribution in [2.24, 2.45) is 17.8 Å². The van der Waals surface area contributed by atoms with Gasteiger partial charge in [0.1, 0.15) is 0 Å². The molecule has 0 rings (SSSR count). The second-order valence-electron chi connectivity index (χ2n) is 4.95. The van der Waals surface area contributed by atoms with Gasteiger partial charge in [-0.15, -0.1) is 0 Å². The van der Waals surface area contributed by atoms with Crippen molar-refractivity contribution < 1.29 is 4.74 Å². The molecule has 0 aliphatic carbocycles. The lowest BCUT2D eigenvalue weighted by Gasteiger charge is -2.17. The lowest BCUT2D eigenvalue weighted by molar-refractivity contribution is 0.147. The highest BCUT2D eigenvalue weighted by atomic mass is 16.5. The van der Waals surface area contributed by atoms with E-state index in [1.807, 2.05) is 0 Å². The normalized spacial score (nSPS) is 15.9. The molecule has 2 unspecified atom stereocenters. The third-order valence-electron chi connectivity index (χ3n) is 2.30. The molecule has 2 heteroatoms. The van der Waals surface area contributed by atoms with Crippen molar-refractivity contribution in [2.45, 2.75) is 34.1 Å². The zero-order valence-corrected chi connectivity index (χ0v) is 10.5. The van der Waals surface area contributed by atoms with Gasteiger partial charge in [0.05, 0.1) is 0 Å². The summed E-state index contributed by atoms with van der Waals surface area (Å²) in [6.45, 7) is 12.2. The van der Waals surface area contributed by atoms with Crippen molar-refractivity contribution >= 4 is 0 Å². The van der Waals surface area contributed by atoms with E-state index >= 15 is 0 Å². The Hall–Kier alpha value is -0.0800. The average molecular weight is 201 g/mol. The first-order chi connectivity index (χ1) is 6.56. The van der Waals surface area contributed by atoms with Crippen LogP contribution in [0.1, 0.15) is 34.1 Å². The van der Waals surface area contributed by atoms with Gasteiger partial charge in [0, 0.05) is 13.7 Å². The van der Waals surface area contributed by atoms with Crippen LogP contribution in [0.4, 0.5) is 0 Å². The first kappa shape index (κ1) is 13.9. The van der Waals surface area contributed by atoms with E-state index in [4.69, 9.17) is 4.74 Å². The standard InChI is InChI=1S/C12H27NO/c1-10(2)7-13-8-11(3)6-12(4)9-14-5/h10-13H,6-9H2,1-5H3. The van der Waals surface area contributed by atoms with Gasteiger partial charge in [0.2, 0.25) is 0 Å². The van der Waals surface area contributed by atoms with Crippen LogP contribution in [-0.2, 0) is 4.74 Å². The van der Waals surface area contributed by atoms with E-state index in [1.54, 1.807) is 7.11 Å². The Kier molecular flexibility index (Phi) is 8.20. The minimum Gasteiger partial charge on any atom is -0.384 e. The fourth-order valence-electron chi connectivity index (χ4n) is 1.74. The third-order valence-corrected chi connectivity index (χ3v) is 2.30. The van der Waals surface area contributed by atoms with E-state index in [-0.39, 0.29) is 0 Å². The average Bonchev–Trinajstić information content (AvgIpc) is 2.03. The van der Waals surface area contributed by atoms with Crippen molar-refractivity contribution in [3.63, 3.8) is 0 Å². The van der Waals surface area contributed by atoms with Gasteiger partial charge in [-0.1, -0.05) is 27.7 Å². The topological polar surface area (TPSA) is 21.3 Å². The summed E-state index contributed by atoms with van der Waals surface area (Å²) >= 11 is 0. The zero-order valence-electron chi connectivity index (χ0n) is 10.5. The molecule has 14 heavy (non-hydrogen) atoms. The van der Waals surface area contributed by atoms with E-state index < -0.39 is 0 Å². The Bertz CT molecular complexity index is 125. The van der Waals surface area contributed by atoms with Gasteiger partial charge >= 0.3 is 0 Å². The van der Waals surface area contributed by atoms with Gasteiger partial charge in [-0.05, 0) is 37.3 Å². The number of hydrogen-bond donors (Lipinski definition) is 1. The lowest BCUT2D eigenvalue weighted by atomic mass is 9.98. The van der Waals surface area contributed by atoms with Crippen molar-refractivity contribution in [3.05, 3.63) is 0 Å². The molecule has 0 aromatic rings. The van der Waals surface area contributed by atoms with Crippen LogP contribution in [0.5, 0.6) is 0 Å². The maximum atomic E-state index is 5.13. The number of methoxy groups -OCH3 is 1. The van der Waals surface area contributed by atoms with Crippen LogP contribution in [-0.4, -0.2) is 26.8 Å². The van der Waals surface area contributed by atoms with Gasteiger partial charge in [-0.2, -0.15) is 0 Å². The Labute approximate surface area is 89.4 Å². The fourth-order valence-corrected chi connectivity index (χ4v) is 1.74. The SMILES string of the molecule is COCC(C)CC(C)CNCC(C)C. The lowest BCUT2D eigenvalue weighted by Crippen LogP contribution is -2.26. The van der Waals surface area contributed by atoms with Gasteiger partial charge < -0.3 is 10.1 Å². The van der Waals surface area contributed by atoms with Crippen LogP contribution >= 0.6 is 0 Å². The maximum absolute atomic E-state index is 5.13. The van der Waals surface area contributed by atoms with Gasteiger partial charge in [-0.3, -0.25) is 0 Å². The third kappa shape index (κ3) is 8.52. The van der Waals surface area contributed by atoms with Crippen LogP contribution < -0.4 is 5.32 Å². The number of nitrogens with one attached hydrogen (secondary N) is 1. The van der Waals surface area contributed by atoms with Crippen molar-refractivity contribution in [2.75, 3.05) is 26.8 Å². The highest BCUT2D eigenvalue weighted by Gasteiger charge is 2.08. The van der Waals surface area contributed by atoms with Crippen LogP contribution in [0.25, 0.3) is 0 Å². The summed E-state index contributed by atoms with van der Waals surface area (Å²) in [6.07, 6.45) is 1.25. The van der Waals surface area contributed by atoms with Crippen molar-refractivity contribution in [1.29, 1.82) is 0 Å². The quantitative estimate of drug-likeness (QED) is 0.651. The van der Waals surface area contributed by atoms with Crippen LogP contribution in [0, 0.1) is 17.8 Å². The molecule has 0 aliphatic rings. The van der Waals surface area contributed by atoms with Gasteiger partial charge in [0.15, 0.2) is 0 Å². The molecule has 1 N–H and O–H groups in total. The van der Waals surface area contributed by atoms with E-state index in [2.05, 4.69) is 33.0 Å². The summed E-state index contributed by atoms with van der Waals surface area (Å²) < 4.78 is 5.13. The second-order valence-corrected chi connectivity index (χ2v) is 4.95. The van der Waals surface area contributed by atoms with Crippen LogP contribution in [0.2, 0.25) is 0 Å². The maximum Gasteiger partial charge on any atom is 0.0487 e. The molecule has 2 atom stereocenters. The molecule has 0 aromatic heterocycles. The molecule has 0 fully saturated rings. The summed E-state index contributed by atoms with van der Waals surface area (Å²) in [5, 5.41) is 3.49. The molecule has 2 nitrogen and oxygen atoms in total. The molecular formula is C12H27NO. The fraction of sp³-hybridized carbons (Fsp3) is 1.00. The zero-order chi connectivity index (χ0) is 11.0. The predicted octanol–water partition coefficient (Wildman–Crippen LogP) is 2.54. The summed E-state index contributed by atoms with van der Waals surface area (Å²) in [5.41, 5.74) is 0. The number of rotatable bonds is 8. The predicted molar refractivity (Wildman–Crippen MR) is 62.5 cm³/mol. The summed E-state index contributed by atoms with van der Waals surface area (Å²) in [4.78, 5) is 0. The molecular weight excluding hydrogens is 174 g/mol. The number of ether oxygens (including phenoxy) is 1. The van der Waals surface area contributed by atoms with Crippen molar-refractivity contribution in [3.8, 4) is 0 Å². The highest BCUT2D eigenvalue weighted by molar-refractivity contribution is 4.62. The Balaban J connectivity index is 3.39. The summed E-state index contributed by atoms with van der Waals surface area (Å²) in [7, 11) is 1.78. The van der Waals surface area contributed by atoms with E-state index in [9.17, 15) is 0 Å². The molecule has 0 spiro atoms. The molecule has 0 heterocycles. The minimum absolute atomic E-state index is 0.677. The summed E-state index contributed by atoms with van der Waals surface area (Å²) in [5.74, 6) is 2.17. The number of hydrogen-bond acceptors (Lipinski definition) is 2. The van der Waals surface area contributed by atoms with E-state index in [1.165, 1.54) is 6.42 Å². The smallest absolute Gasteiger partial charge is 0.0487 e.